The van der Waals surface area contributed by atoms with Crippen molar-refractivity contribution < 1.29 is 4.42 Å². The fourth-order valence-corrected chi connectivity index (χ4v) is 1.83. The molecule has 0 radical (unpaired) electrons. The highest BCUT2D eigenvalue weighted by Gasteiger charge is 2.09. The lowest BCUT2D eigenvalue weighted by molar-refractivity contribution is 0.484. The fourth-order valence-electron chi connectivity index (χ4n) is 1.47. The van der Waals surface area contributed by atoms with E-state index >= 15 is 0 Å². The van der Waals surface area contributed by atoms with Crippen molar-refractivity contribution >= 4 is 15.9 Å². The molecule has 0 aliphatic carbocycles. The minimum atomic E-state index is 0.460. The zero-order chi connectivity index (χ0) is 13.0. The Morgan fingerprint density at radius 2 is 2.17 bits per heavy atom. The summed E-state index contributed by atoms with van der Waals surface area (Å²) in [4.78, 5) is 4.07. The molecule has 6 heteroatoms. The van der Waals surface area contributed by atoms with Crippen molar-refractivity contribution in [3.63, 3.8) is 0 Å². The molecule has 2 aromatic heterocycles. The second-order valence-corrected chi connectivity index (χ2v) is 5.17. The van der Waals surface area contributed by atoms with Crippen molar-refractivity contribution in [3.05, 3.63) is 28.8 Å². The van der Waals surface area contributed by atoms with Gasteiger partial charge in [0, 0.05) is 35.9 Å². The quantitative estimate of drug-likeness (QED) is 0.919. The van der Waals surface area contributed by atoms with Crippen molar-refractivity contribution in [2.75, 3.05) is 6.54 Å². The first-order valence-corrected chi connectivity index (χ1v) is 6.61. The Morgan fingerprint density at radius 1 is 1.33 bits per heavy atom. The molecule has 0 unspecified atom stereocenters. The van der Waals surface area contributed by atoms with Crippen LogP contribution in [0.25, 0.3) is 11.5 Å². The number of nitrogens with one attached hydrogen (secondary N) is 1. The van der Waals surface area contributed by atoms with E-state index < -0.39 is 0 Å². The molecule has 96 valence electrons. The standard InChI is InChI=1S/C12H15BrN4O/c1-8(2)15-4-3-11-16-17-12(18-11)9-5-10(13)7-14-6-9/h5-8,15H,3-4H2,1-2H3. The van der Waals surface area contributed by atoms with Crippen molar-refractivity contribution in [2.45, 2.75) is 26.3 Å². The summed E-state index contributed by atoms with van der Waals surface area (Å²) in [5, 5.41) is 11.3. The molecule has 2 heterocycles. The first-order chi connectivity index (χ1) is 8.65. The molecule has 0 saturated heterocycles. The van der Waals surface area contributed by atoms with E-state index in [9.17, 15) is 0 Å². The molecular formula is C12H15BrN4O. The van der Waals surface area contributed by atoms with Crippen LogP contribution in [0.1, 0.15) is 19.7 Å². The van der Waals surface area contributed by atoms with E-state index in [-0.39, 0.29) is 0 Å². The summed E-state index contributed by atoms with van der Waals surface area (Å²) in [7, 11) is 0. The van der Waals surface area contributed by atoms with Gasteiger partial charge >= 0.3 is 0 Å². The summed E-state index contributed by atoms with van der Waals surface area (Å²) < 4.78 is 6.47. The third-order valence-electron chi connectivity index (χ3n) is 2.31. The highest BCUT2D eigenvalue weighted by atomic mass is 79.9. The van der Waals surface area contributed by atoms with Crippen LogP contribution in [0.2, 0.25) is 0 Å². The Labute approximate surface area is 114 Å². The number of nitrogens with zero attached hydrogens (tertiary/aromatic N) is 3. The smallest absolute Gasteiger partial charge is 0.249 e. The highest BCUT2D eigenvalue weighted by Crippen LogP contribution is 2.20. The molecule has 0 fully saturated rings. The minimum Gasteiger partial charge on any atom is -0.421 e. The lowest BCUT2D eigenvalue weighted by Gasteiger charge is -2.04. The Morgan fingerprint density at radius 3 is 2.89 bits per heavy atom. The summed E-state index contributed by atoms with van der Waals surface area (Å²) in [6.45, 7) is 5.04. The number of pyridine rings is 1. The van der Waals surface area contributed by atoms with Crippen LogP contribution in [0.3, 0.4) is 0 Å². The molecule has 2 aromatic rings. The lowest BCUT2D eigenvalue weighted by Crippen LogP contribution is -2.25. The SMILES string of the molecule is CC(C)NCCc1nnc(-c2cncc(Br)c2)o1. The third-order valence-corrected chi connectivity index (χ3v) is 2.74. The van der Waals surface area contributed by atoms with Crippen LogP contribution < -0.4 is 5.32 Å². The molecule has 5 nitrogen and oxygen atoms in total. The average molecular weight is 311 g/mol. The van der Waals surface area contributed by atoms with Gasteiger partial charge in [-0.3, -0.25) is 4.98 Å². The van der Waals surface area contributed by atoms with Crippen LogP contribution in [0.4, 0.5) is 0 Å². The van der Waals surface area contributed by atoms with E-state index in [4.69, 9.17) is 4.42 Å². The maximum Gasteiger partial charge on any atom is 0.249 e. The summed E-state index contributed by atoms with van der Waals surface area (Å²) in [6.07, 6.45) is 4.15. The van der Waals surface area contributed by atoms with Gasteiger partial charge in [0.05, 0.1) is 5.56 Å². The molecular weight excluding hydrogens is 296 g/mol. The summed E-state index contributed by atoms with van der Waals surface area (Å²) in [6, 6.07) is 2.36. The topological polar surface area (TPSA) is 63.8 Å². The van der Waals surface area contributed by atoms with Crippen molar-refractivity contribution in [3.8, 4) is 11.5 Å². The maximum atomic E-state index is 5.58. The minimum absolute atomic E-state index is 0.460. The molecule has 0 saturated carbocycles. The van der Waals surface area contributed by atoms with Crippen LogP contribution >= 0.6 is 15.9 Å². The Balaban J connectivity index is 2.02. The van der Waals surface area contributed by atoms with Crippen LogP contribution in [0, 0.1) is 0 Å². The van der Waals surface area contributed by atoms with Gasteiger partial charge in [-0.15, -0.1) is 10.2 Å². The Bertz CT molecular complexity index is 512. The van der Waals surface area contributed by atoms with Gasteiger partial charge in [-0.2, -0.15) is 0 Å². The number of hydrogen-bond donors (Lipinski definition) is 1. The molecule has 0 atom stereocenters. The molecule has 0 aliphatic rings. The zero-order valence-corrected chi connectivity index (χ0v) is 11.9. The first-order valence-electron chi connectivity index (χ1n) is 5.82. The van der Waals surface area contributed by atoms with E-state index in [0.29, 0.717) is 17.8 Å². The number of halogens is 1. The summed E-state index contributed by atoms with van der Waals surface area (Å²) in [5.74, 6) is 1.14. The van der Waals surface area contributed by atoms with E-state index in [1.807, 2.05) is 6.07 Å². The van der Waals surface area contributed by atoms with Crippen LogP contribution in [-0.2, 0) is 6.42 Å². The van der Waals surface area contributed by atoms with E-state index in [1.165, 1.54) is 0 Å². The number of aromatic nitrogens is 3. The van der Waals surface area contributed by atoms with Crippen LogP contribution in [-0.4, -0.2) is 27.8 Å². The van der Waals surface area contributed by atoms with Crippen LogP contribution in [0.15, 0.2) is 27.3 Å². The molecule has 0 spiro atoms. The van der Waals surface area contributed by atoms with Gasteiger partial charge in [-0.25, -0.2) is 0 Å². The van der Waals surface area contributed by atoms with Crippen molar-refractivity contribution in [1.29, 1.82) is 0 Å². The van der Waals surface area contributed by atoms with E-state index in [0.717, 1.165) is 23.0 Å². The normalized spacial score (nSPS) is 11.1. The largest absolute Gasteiger partial charge is 0.421 e. The van der Waals surface area contributed by atoms with Crippen molar-refractivity contribution in [2.24, 2.45) is 0 Å². The average Bonchev–Trinajstić information content (AvgIpc) is 2.77. The van der Waals surface area contributed by atoms with Gasteiger partial charge in [0.25, 0.3) is 0 Å². The van der Waals surface area contributed by atoms with Gasteiger partial charge < -0.3 is 9.73 Å². The van der Waals surface area contributed by atoms with Gasteiger partial charge in [0.1, 0.15) is 0 Å². The number of rotatable bonds is 5. The number of hydrogen-bond acceptors (Lipinski definition) is 5. The molecule has 0 amide bonds. The lowest BCUT2D eigenvalue weighted by atomic mass is 10.3. The van der Waals surface area contributed by atoms with E-state index in [1.54, 1.807) is 12.4 Å². The highest BCUT2D eigenvalue weighted by molar-refractivity contribution is 9.10. The second kappa shape index (κ2) is 6.06. The molecule has 18 heavy (non-hydrogen) atoms. The molecule has 0 bridgehead atoms. The van der Waals surface area contributed by atoms with Gasteiger partial charge in [-0.1, -0.05) is 13.8 Å². The predicted octanol–water partition coefficient (Wildman–Crippen LogP) is 2.43. The molecule has 2 rings (SSSR count). The second-order valence-electron chi connectivity index (χ2n) is 4.25. The molecule has 0 aromatic carbocycles. The maximum absolute atomic E-state index is 5.58. The zero-order valence-electron chi connectivity index (χ0n) is 10.4. The third kappa shape index (κ3) is 3.61. The molecule has 0 aliphatic heterocycles. The predicted molar refractivity (Wildman–Crippen MR) is 72.1 cm³/mol. The van der Waals surface area contributed by atoms with Gasteiger partial charge in [0.15, 0.2) is 0 Å². The Hall–Kier alpha value is -1.27. The van der Waals surface area contributed by atoms with E-state index in [2.05, 4.69) is 50.3 Å². The van der Waals surface area contributed by atoms with Gasteiger partial charge in [0.2, 0.25) is 11.8 Å². The fraction of sp³-hybridized carbons (Fsp3) is 0.417. The Kier molecular flexibility index (Phi) is 4.43. The monoisotopic (exact) mass is 310 g/mol. The van der Waals surface area contributed by atoms with Crippen molar-refractivity contribution in [1.82, 2.24) is 20.5 Å². The van der Waals surface area contributed by atoms with Crippen LogP contribution in [0.5, 0.6) is 0 Å². The molecule has 1 N–H and O–H groups in total. The summed E-state index contributed by atoms with van der Waals surface area (Å²) >= 11 is 3.36. The van der Waals surface area contributed by atoms with Gasteiger partial charge in [-0.05, 0) is 22.0 Å². The first kappa shape index (κ1) is 13.2. The summed E-state index contributed by atoms with van der Waals surface area (Å²) in [5.41, 5.74) is 0.819.